The van der Waals surface area contributed by atoms with Gasteiger partial charge in [-0.15, -0.1) is 0 Å². The molecule has 0 fully saturated rings. The molecular weight excluding hydrogens is 352 g/mol. The Morgan fingerprint density at radius 3 is 2.59 bits per heavy atom. The summed E-state index contributed by atoms with van der Waals surface area (Å²) in [7, 11) is 0. The monoisotopic (exact) mass is 378 g/mol. The molecular formula is C23H26N2OS. The smallest absolute Gasteiger partial charge is 0.234 e. The van der Waals surface area contributed by atoms with E-state index in [4.69, 9.17) is 4.98 Å². The average Bonchev–Trinajstić information content (AvgIpc) is 2.67. The van der Waals surface area contributed by atoms with Gasteiger partial charge in [0, 0.05) is 11.1 Å². The van der Waals surface area contributed by atoms with Crippen molar-refractivity contribution in [3.05, 3.63) is 65.2 Å². The van der Waals surface area contributed by atoms with Crippen LogP contribution >= 0.6 is 11.8 Å². The Labute approximate surface area is 165 Å². The lowest BCUT2D eigenvalue weighted by Crippen LogP contribution is -2.14. The van der Waals surface area contributed by atoms with Gasteiger partial charge in [-0.1, -0.05) is 55.4 Å². The number of carbonyl (C=O) groups excluding carboxylic acids is 1. The first-order chi connectivity index (χ1) is 13.1. The Morgan fingerprint density at radius 1 is 1.07 bits per heavy atom. The standard InChI is InChI=1S/C23H26N2OS/c1-4-5-8-18-10-12-19(13-11-18)24-21(26)15-27-22-14-17(3)20-9-6-7-16(2)23(20)25-22/h6-7,9-14H,4-5,8,15H2,1-3H3,(H,24,26). The maximum Gasteiger partial charge on any atom is 0.234 e. The molecule has 3 rings (SSSR count). The van der Waals surface area contributed by atoms with E-state index in [0.29, 0.717) is 5.75 Å². The number of hydrogen-bond acceptors (Lipinski definition) is 3. The van der Waals surface area contributed by atoms with Crippen molar-refractivity contribution >= 4 is 34.3 Å². The summed E-state index contributed by atoms with van der Waals surface area (Å²) in [4.78, 5) is 17.0. The number of pyridine rings is 1. The first kappa shape index (κ1) is 19.4. The lowest BCUT2D eigenvalue weighted by Gasteiger charge is -2.09. The molecule has 0 unspecified atom stereocenters. The summed E-state index contributed by atoms with van der Waals surface area (Å²) < 4.78 is 0. The predicted molar refractivity (Wildman–Crippen MR) is 116 cm³/mol. The van der Waals surface area contributed by atoms with E-state index in [0.717, 1.165) is 28.2 Å². The number of unbranched alkanes of at least 4 members (excludes halogenated alkanes) is 1. The topological polar surface area (TPSA) is 42.0 Å². The zero-order valence-electron chi connectivity index (χ0n) is 16.2. The van der Waals surface area contributed by atoms with E-state index in [1.54, 1.807) is 0 Å². The van der Waals surface area contributed by atoms with Gasteiger partial charge >= 0.3 is 0 Å². The molecule has 1 amide bonds. The lowest BCUT2D eigenvalue weighted by molar-refractivity contribution is -0.113. The van der Waals surface area contributed by atoms with Crippen LogP contribution in [0.15, 0.2) is 53.6 Å². The number of nitrogens with one attached hydrogen (secondary N) is 1. The minimum Gasteiger partial charge on any atom is -0.325 e. The third-order valence-electron chi connectivity index (χ3n) is 4.63. The van der Waals surface area contributed by atoms with Crippen LogP contribution in [0.1, 0.15) is 36.5 Å². The van der Waals surface area contributed by atoms with Gasteiger partial charge < -0.3 is 5.32 Å². The highest BCUT2D eigenvalue weighted by Gasteiger charge is 2.08. The highest BCUT2D eigenvalue weighted by atomic mass is 32.2. The van der Waals surface area contributed by atoms with Crippen LogP contribution in [-0.4, -0.2) is 16.6 Å². The lowest BCUT2D eigenvalue weighted by atomic mass is 10.1. The number of para-hydroxylation sites is 1. The number of nitrogens with zero attached hydrogens (tertiary/aromatic N) is 1. The van der Waals surface area contributed by atoms with Crippen molar-refractivity contribution in [1.29, 1.82) is 0 Å². The van der Waals surface area contributed by atoms with E-state index in [2.05, 4.69) is 62.5 Å². The zero-order chi connectivity index (χ0) is 19.2. The molecule has 0 aliphatic rings. The second kappa shape index (κ2) is 9.05. The molecule has 3 aromatic rings. The molecule has 0 aliphatic heterocycles. The van der Waals surface area contributed by atoms with Crippen molar-refractivity contribution in [3.8, 4) is 0 Å². The minimum absolute atomic E-state index is 0.00866. The van der Waals surface area contributed by atoms with Crippen LogP contribution in [0.3, 0.4) is 0 Å². The van der Waals surface area contributed by atoms with Gasteiger partial charge in [-0.25, -0.2) is 4.98 Å². The summed E-state index contributed by atoms with van der Waals surface area (Å²) in [6.45, 7) is 6.35. The molecule has 140 valence electrons. The molecule has 4 heteroatoms. The van der Waals surface area contributed by atoms with Crippen LogP contribution in [-0.2, 0) is 11.2 Å². The molecule has 1 N–H and O–H groups in total. The van der Waals surface area contributed by atoms with Crippen LogP contribution in [0, 0.1) is 13.8 Å². The first-order valence-corrected chi connectivity index (χ1v) is 10.4. The summed E-state index contributed by atoms with van der Waals surface area (Å²) in [5.74, 6) is 0.340. The van der Waals surface area contributed by atoms with Gasteiger partial charge in [0.1, 0.15) is 0 Å². The number of fused-ring (bicyclic) bond motifs is 1. The third-order valence-corrected chi connectivity index (χ3v) is 5.54. The number of amides is 1. The Bertz CT molecular complexity index is 935. The predicted octanol–water partition coefficient (Wildman–Crippen LogP) is 5.93. The minimum atomic E-state index is -0.00866. The molecule has 0 spiro atoms. The highest BCUT2D eigenvalue weighted by Crippen LogP contribution is 2.25. The maximum absolute atomic E-state index is 12.3. The summed E-state index contributed by atoms with van der Waals surface area (Å²) in [5.41, 5.74) is 5.53. The van der Waals surface area contributed by atoms with Gasteiger partial charge in [0.15, 0.2) is 0 Å². The number of aryl methyl sites for hydroxylation is 3. The quantitative estimate of drug-likeness (QED) is 0.519. The fourth-order valence-corrected chi connectivity index (χ4v) is 3.84. The summed E-state index contributed by atoms with van der Waals surface area (Å²) >= 11 is 1.48. The van der Waals surface area contributed by atoms with Gasteiger partial charge in [0.05, 0.1) is 16.3 Å². The van der Waals surface area contributed by atoms with Gasteiger partial charge in [0.2, 0.25) is 5.91 Å². The van der Waals surface area contributed by atoms with Crippen LogP contribution in [0.2, 0.25) is 0 Å². The van der Waals surface area contributed by atoms with Crippen molar-refractivity contribution in [3.63, 3.8) is 0 Å². The van der Waals surface area contributed by atoms with Gasteiger partial charge in [-0.3, -0.25) is 4.79 Å². The first-order valence-electron chi connectivity index (χ1n) is 9.45. The molecule has 0 bridgehead atoms. The summed E-state index contributed by atoms with van der Waals surface area (Å²) in [6, 6.07) is 16.4. The summed E-state index contributed by atoms with van der Waals surface area (Å²) in [5, 5.41) is 5.03. The fraction of sp³-hybridized carbons (Fsp3) is 0.304. The van der Waals surface area contributed by atoms with Crippen molar-refractivity contribution in [2.45, 2.75) is 45.1 Å². The molecule has 27 heavy (non-hydrogen) atoms. The van der Waals surface area contributed by atoms with Crippen LogP contribution in [0.4, 0.5) is 5.69 Å². The normalized spacial score (nSPS) is 10.9. The van der Waals surface area contributed by atoms with E-state index in [-0.39, 0.29) is 5.91 Å². The number of hydrogen-bond donors (Lipinski definition) is 1. The molecule has 0 saturated heterocycles. The van der Waals surface area contributed by atoms with Crippen molar-refractivity contribution in [2.24, 2.45) is 0 Å². The van der Waals surface area contributed by atoms with Crippen molar-refractivity contribution in [1.82, 2.24) is 4.98 Å². The molecule has 0 saturated carbocycles. The van der Waals surface area contributed by atoms with Crippen LogP contribution in [0.5, 0.6) is 0 Å². The van der Waals surface area contributed by atoms with E-state index >= 15 is 0 Å². The van der Waals surface area contributed by atoms with E-state index < -0.39 is 0 Å². The second-order valence-electron chi connectivity index (χ2n) is 6.89. The number of carbonyl (C=O) groups is 1. The van der Waals surface area contributed by atoms with Crippen molar-refractivity contribution < 1.29 is 4.79 Å². The number of benzene rings is 2. The highest BCUT2D eigenvalue weighted by molar-refractivity contribution is 7.99. The Morgan fingerprint density at radius 2 is 1.85 bits per heavy atom. The number of anilines is 1. The van der Waals surface area contributed by atoms with Crippen molar-refractivity contribution in [2.75, 3.05) is 11.1 Å². The Balaban J connectivity index is 1.60. The maximum atomic E-state index is 12.3. The molecule has 0 atom stereocenters. The summed E-state index contributed by atoms with van der Waals surface area (Å²) in [6.07, 6.45) is 3.48. The number of rotatable bonds is 7. The van der Waals surface area contributed by atoms with Gasteiger partial charge in [-0.05, 0) is 61.6 Å². The number of aromatic nitrogens is 1. The van der Waals surface area contributed by atoms with E-state index in [1.807, 2.05) is 12.1 Å². The molecule has 1 aromatic heterocycles. The fourth-order valence-electron chi connectivity index (χ4n) is 3.08. The SMILES string of the molecule is CCCCc1ccc(NC(=O)CSc2cc(C)c3cccc(C)c3n2)cc1. The zero-order valence-corrected chi connectivity index (χ0v) is 17.0. The Kier molecular flexibility index (Phi) is 6.51. The third kappa shape index (κ3) is 5.10. The molecule has 2 aromatic carbocycles. The Hall–Kier alpha value is -2.33. The van der Waals surface area contributed by atoms with Gasteiger partial charge in [0.25, 0.3) is 0 Å². The average molecular weight is 379 g/mol. The van der Waals surface area contributed by atoms with Crippen LogP contribution in [0.25, 0.3) is 10.9 Å². The second-order valence-corrected chi connectivity index (χ2v) is 7.88. The van der Waals surface area contributed by atoms with E-state index in [9.17, 15) is 4.79 Å². The van der Waals surface area contributed by atoms with Gasteiger partial charge in [-0.2, -0.15) is 0 Å². The molecule has 1 heterocycles. The number of thioether (sulfide) groups is 1. The largest absolute Gasteiger partial charge is 0.325 e. The molecule has 3 nitrogen and oxygen atoms in total. The molecule has 0 aliphatic carbocycles. The van der Waals surface area contributed by atoms with Crippen LogP contribution < -0.4 is 5.32 Å². The van der Waals surface area contributed by atoms with E-state index in [1.165, 1.54) is 41.1 Å². The molecule has 0 radical (unpaired) electrons.